The van der Waals surface area contributed by atoms with E-state index in [1.165, 1.54) is 12.3 Å². The summed E-state index contributed by atoms with van der Waals surface area (Å²) in [5.41, 5.74) is 0.260. The number of aromatic nitrogens is 1. The number of carbonyl (C=O) groups excluding carboxylic acids is 1. The molecule has 1 heterocycles. The zero-order valence-corrected chi connectivity index (χ0v) is 12.1. The van der Waals surface area contributed by atoms with Crippen molar-refractivity contribution in [3.05, 3.63) is 11.1 Å². The molecule has 1 aromatic heterocycles. The van der Waals surface area contributed by atoms with Gasteiger partial charge in [0.25, 0.3) is 0 Å². The summed E-state index contributed by atoms with van der Waals surface area (Å²) < 4.78 is 30.8. The lowest BCUT2D eigenvalue weighted by atomic mass is 10.4. The van der Waals surface area contributed by atoms with Crippen molar-refractivity contribution in [2.75, 3.05) is 17.1 Å². The van der Waals surface area contributed by atoms with Crippen molar-refractivity contribution >= 4 is 32.3 Å². The third kappa shape index (κ3) is 5.11. The van der Waals surface area contributed by atoms with Crippen LogP contribution < -0.4 is 4.72 Å². The Kier molecular flexibility index (Phi) is 5.24. The summed E-state index contributed by atoms with van der Waals surface area (Å²) in [5, 5.41) is 1.72. The first-order valence-corrected chi connectivity index (χ1v) is 7.92. The van der Waals surface area contributed by atoms with Crippen LogP contribution in [0.15, 0.2) is 5.38 Å². The Morgan fingerprint density at radius 3 is 2.72 bits per heavy atom. The number of ether oxygens (including phenoxy) is 1. The molecule has 1 aromatic rings. The van der Waals surface area contributed by atoms with Gasteiger partial charge in [-0.3, -0.25) is 9.52 Å². The number of nitrogens with one attached hydrogen (secondary N) is 1. The van der Waals surface area contributed by atoms with Crippen molar-refractivity contribution in [1.82, 2.24) is 4.98 Å². The molecule has 0 fully saturated rings. The molecular formula is C10H16N2O4S2. The fourth-order valence-electron chi connectivity index (χ4n) is 1.06. The van der Waals surface area contributed by atoms with Gasteiger partial charge < -0.3 is 4.74 Å². The maximum Gasteiger partial charge on any atom is 0.236 e. The van der Waals surface area contributed by atoms with Crippen molar-refractivity contribution in [3.63, 3.8) is 0 Å². The lowest BCUT2D eigenvalue weighted by Gasteiger charge is -2.08. The number of nitrogens with zero attached hydrogens (tertiary/aromatic N) is 1. The molecule has 18 heavy (non-hydrogen) atoms. The standard InChI is InChI=1S/C10H16N2O4S2/c1-7(2)16-4-5-18(14,15)12-10-11-9(6-17-10)8(3)13/h6-7H,4-5H2,1-3H3,(H,11,12). The molecule has 102 valence electrons. The van der Waals surface area contributed by atoms with Gasteiger partial charge in [-0.2, -0.15) is 0 Å². The summed E-state index contributed by atoms with van der Waals surface area (Å²) in [6.07, 6.45) is -0.00983. The van der Waals surface area contributed by atoms with Gasteiger partial charge in [-0.25, -0.2) is 13.4 Å². The highest BCUT2D eigenvalue weighted by molar-refractivity contribution is 7.92. The highest BCUT2D eigenvalue weighted by Crippen LogP contribution is 2.17. The highest BCUT2D eigenvalue weighted by atomic mass is 32.2. The quantitative estimate of drug-likeness (QED) is 0.770. The summed E-state index contributed by atoms with van der Waals surface area (Å²) in [4.78, 5) is 14.9. The molecule has 1 rings (SSSR count). The van der Waals surface area contributed by atoms with Gasteiger partial charge >= 0.3 is 0 Å². The average molecular weight is 292 g/mol. The highest BCUT2D eigenvalue weighted by Gasteiger charge is 2.14. The molecule has 0 saturated carbocycles. The topological polar surface area (TPSA) is 85.4 Å². The first-order valence-electron chi connectivity index (χ1n) is 5.39. The van der Waals surface area contributed by atoms with E-state index in [1.807, 2.05) is 13.8 Å². The van der Waals surface area contributed by atoms with Crippen LogP contribution in [0.1, 0.15) is 31.3 Å². The number of ketones is 1. The minimum atomic E-state index is -3.48. The first-order chi connectivity index (χ1) is 8.30. The van der Waals surface area contributed by atoms with Crippen LogP contribution in [0.5, 0.6) is 0 Å². The summed E-state index contributed by atoms with van der Waals surface area (Å²) in [6, 6.07) is 0. The van der Waals surface area contributed by atoms with E-state index in [1.54, 1.807) is 0 Å². The van der Waals surface area contributed by atoms with Gasteiger partial charge in [0.05, 0.1) is 18.5 Å². The van der Waals surface area contributed by atoms with E-state index in [0.29, 0.717) is 0 Å². The number of anilines is 1. The number of Topliss-reactive ketones (excluding diaryl/α,β-unsaturated/α-hetero) is 1. The second-order valence-corrected chi connectivity index (χ2v) is 6.63. The number of rotatable bonds is 7. The minimum Gasteiger partial charge on any atom is -0.378 e. The molecule has 0 aromatic carbocycles. The molecule has 0 saturated heterocycles. The molecular weight excluding hydrogens is 276 g/mol. The predicted octanol–water partition coefficient (Wildman–Crippen LogP) is 1.51. The Bertz CT molecular complexity index is 508. The zero-order chi connectivity index (χ0) is 13.8. The lowest BCUT2D eigenvalue weighted by molar-refractivity contribution is 0.0913. The molecule has 0 bridgehead atoms. The van der Waals surface area contributed by atoms with E-state index >= 15 is 0 Å². The van der Waals surface area contributed by atoms with Crippen molar-refractivity contribution < 1.29 is 17.9 Å². The van der Waals surface area contributed by atoms with Crippen molar-refractivity contribution in [3.8, 4) is 0 Å². The van der Waals surface area contributed by atoms with E-state index in [2.05, 4.69) is 9.71 Å². The molecule has 6 nitrogen and oxygen atoms in total. The molecule has 1 N–H and O–H groups in total. The van der Waals surface area contributed by atoms with E-state index < -0.39 is 10.0 Å². The second kappa shape index (κ2) is 6.26. The molecule has 0 amide bonds. The summed E-state index contributed by atoms with van der Waals surface area (Å²) >= 11 is 1.08. The summed E-state index contributed by atoms with van der Waals surface area (Å²) in [7, 11) is -3.48. The zero-order valence-electron chi connectivity index (χ0n) is 10.5. The molecule has 0 aliphatic rings. The average Bonchev–Trinajstić information content (AvgIpc) is 2.64. The van der Waals surface area contributed by atoms with E-state index in [4.69, 9.17) is 4.74 Å². The Morgan fingerprint density at radius 1 is 1.56 bits per heavy atom. The largest absolute Gasteiger partial charge is 0.378 e. The molecule has 8 heteroatoms. The Hall–Kier alpha value is -0.990. The third-order valence-electron chi connectivity index (χ3n) is 1.91. The van der Waals surface area contributed by atoms with Crippen LogP contribution >= 0.6 is 11.3 Å². The van der Waals surface area contributed by atoms with Crippen LogP contribution in [0.3, 0.4) is 0 Å². The van der Waals surface area contributed by atoms with E-state index in [9.17, 15) is 13.2 Å². The van der Waals surface area contributed by atoms with Gasteiger partial charge in [0.2, 0.25) is 10.0 Å². The maximum absolute atomic E-state index is 11.7. The fourth-order valence-corrected chi connectivity index (χ4v) is 2.96. The van der Waals surface area contributed by atoms with Gasteiger partial charge in [0, 0.05) is 12.3 Å². The molecule has 0 atom stereocenters. The second-order valence-electron chi connectivity index (χ2n) is 3.93. The number of carbonyl (C=O) groups is 1. The normalized spacial score (nSPS) is 11.8. The van der Waals surface area contributed by atoms with Crippen LogP contribution in [-0.2, 0) is 14.8 Å². The van der Waals surface area contributed by atoms with Crippen LogP contribution in [0.2, 0.25) is 0 Å². The summed E-state index contributed by atoms with van der Waals surface area (Å²) in [6.45, 7) is 5.17. The van der Waals surface area contributed by atoms with E-state index in [-0.39, 0.29) is 35.1 Å². The fraction of sp³-hybridized carbons (Fsp3) is 0.600. The van der Waals surface area contributed by atoms with Crippen molar-refractivity contribution in [2.45, 2.75) is 26.9 Å². The Balaban J connectivity index is 2.56. The van der Waals surface area contributed by atoms with E-state index in [0.717, 1.165) is 11.3 Å². The van der Waals surface area contributed by atoms with Gasteiger partial charge in [0.1, 0.15) is 5.69 Å². The van der Waals surface area contributed by atoms with Gasteiger partial charge in [-0.05, 0) is 13.8 Å². The first kappa shape index (κ1) is 15.1. The predicted molar refractivity (Wildman–Crippen MR) is 70.6 cm³/mol. The molecule has 0 aliphatic carbocycles. The van der Waals surface area contributed by atoms with Crippen LogP contribution in [-0.4, -0.2) is 37.6 Å². The number of hydrogen-bond acceptors (Lipinski definition) is 6. The number of sulfonamides is 1. The molecule has 0 radical (unpaired) electrons. The van der Waals surface area contributed by atoms with Crippen LogP contribution in [0.25, 0.3) is 0 Å². The van der Waals surface area contributed by atoms with Crippen LogP contribution in [0.4, 0.5) is 5.13 Å². The number of thiazole rings is 1. The van der Waals surface area contributed by atoms with Crippen molar-refractivity contribution in [2.24, 2.45) is 0 Å². The number of hydrogen-bond donors (Lipinski definition) is 1. The van der Waals surface area contributed by atoms with Gasteiger partial charge in [0.15, 0.2) is 10.9 Å². The SMILES string of the molecule is CC(=O)c1csc(NS(=O)(=O)CCOC(C)C)n1. The Labute approximate surface area is 110 Å². The Morgan fingerprint density at radius 2 is 2.22 bits per heavy atom. The molecule has 0 spiro atoms. The third-order valence-corrected chi connectivity index (χ3v) is 4.01. The molecule has 0 unspecified atom stereocenters. The lowest BCUT2D eigenvalue weighted by Crippen LogP contribution is -2.21. The van der Waals surface area contributed by atoms with Crippen LogP contribution in [0, 0.1) is 0 Å². The van der Waals surface area contributed by atoms with Gasteiger partial charge in [-0.1, -0.05) is 0 Å². The maximum atomic E-state index is 11.7. The smallest absolute Gasteiger partial charge is 0.236 e. The van der Waals surface area contributed by atoms with Gasteiger partial charge in [-0.15, -0.1) is 11.3 Å². The van der Waals surface area contributed by atoms with Crippen molar-refractivity contribution in [1.29, 1.82) is 0 Å². The monoisotopic (exact) mass is 292 g/mol. The summed E-state index contributed by atoms with van der Waals surface area (Å²) in [5.74, 6) is -0.333. The molecule has 0 aliphatic heterocycles. The minimum absolute atomic E-state index is 0.00983.